The van der Waals surface area contributed by atoms with Crippen molar-refractivity contribution >= 4 is 39.1 Å². The monoisotopic (exact) mass is 395 g/mol. The maximum Gasteiger partial charge on any atom is 0.267 e. The molecule has 0 spiro atoms. The molecule has 0 saturated heterocycles. The highest BCUT2D eigenvalue weighted by Crippen LogP contribution is 2.33. The van der Waals surface area contributed by atoms with Gasteiger partial charge in [-0.15, -0.1) is 0 Å². The Morgan fingerprint density at radius 3 is 2.33 bits per heavy atom. The summed E-state index contributed by atoms with van der Waals surface area (Å²) in [5.41, 5.74) is -0.785. The number of ether oxygens (including phenoxy) is 1. The standard InChI is InChI=1S/C14H9Cl2F2NO4S/c1-24(21,22)19-14(20)8-5-11(18)13(6-10(8)17)23-12-3-2-7(15)4-9(12)16/h2-6H,1H3,(H,19,20). The van der Waals surface area contributed by atoms with Gasteiger partial charge in [-0.3, -0.25) is 4.79 Å². The SMILES string of the molecule is CS(=O)(=O)NC(=O)c1cc(F)c(Oc2ccc(Cl)cc2Cl)cc1F. The lowest BCUT2D eigenvalue weighted by Gasteiger charge is -2.11. The van der Waals surface area contributed by atoms with Crippen LogP contribution in [0.2, 0.25) is 10.0 Å². The van der Waals surface area contributed by atoms with E-state index in [4.69, 9.17) is 27.9 Å². The van der Waals surface area contributed by atoms with Crippen LogP contribution in [0.15, 0.2) is 30.3 Å². The molecule has 0 aliphatic carbocycles. The molecule has 2 aromatic rings. The Labute approximate surface area is 146 Å². The van der Waals surface area contributed by atoms with Crippen molar-refractivity contribution in [2.75, 3.05) is 6.26 Å². The molecule has 0 aliphatic heterocycles. The van der Waals surface area contributed by atoms with Gasteiger partial charge < -0.3 is 4.74 Å². The molecule has 24 heavy (non-hydrogen) atoms. The highest BCUT2D eigenvalue weighted by atomic mass is 35.5. The molecule has 2 aromatic carbocycles. The fourth-order valence-corrected chi connectivity index (χ4v) is 2.57. The van der Waals surface area contributed by atoms with Crippen molar-refractivity contribution in [1.82, 2.24) is 4.72 Å². The van der Waals surface area contributed by atoms with Gasteiger partial charge in [0.2, 0.25) is 10.0 Å². The summed E-state index contributed by atoms with van der Waals surface area (Å²) in [7, 11) is -3.92. The molecule has 1 amide bonds. The Balaban J connectivity index is 2.34. The normalized spacial score (nSPS) is 11.2. The number of rotatable bonds is 4. The number of benzene rings is 2. The lowest BCUT2D eigenvalue weighted by Crippen LogP contribution is -2.30. The molecule has 5 nitrogen and oxygen atoms in total. The molecular weight excluding hydrogens is 387 g/mol. The number of carbonyl (C=O) groups excluding carboxylic acids is 1. The average Bonchev–Trinajstić information content (AvgIpc) is 2.43. The molecule has 10 heteroatoms. The van der Waals surface area contributed by atoms with Crippen molar-refractivity contribution in [2.24, 2.45) is 0 Å². The molecule has 0 heterocycles. The van der Waals surface area contributed by atoms with Crippen molar-refractivity contribution in [3.05, 3.63) is 57.6 Å². The third-order valence-corrected chi connectivity index (χ3v) is 3.74. The largest absolute Gasteiger partial charge is 0.453 e. The quantitative estimate of drug-likeness (QED) is 0.855. The average molecular weight is 396 g/mol. The summed E-state index contributed by atoms with van der Waals surface area (Å²) in [6.07, 6.45) is 0.708. The molecule has 0 atom stereocenters. The number of hydrogen-bond acceptors (Lipinski definition) is 4. The Morgan fingerprint density at radius 1 is 1.08 bits per heavy atom. The zero-order valence-electron chi connectivity index (χ0n) is 11.9. The van der Waals surface area contributed by atoms with Crippen molar-refractivity contribution in [3.63, 3.8) is 0 Å². The summed E-state index contributed by atoms with van der Waals surface area (Å²) in [6, 6.07) is 5.27. The second-order valence-corrected chi connectivity index (χ2v) is 7.23. The number of hydrogen-bond donors (Lipinski definition) is 1. The Kier molecular flexibility index (Phi) is 5.32. The first-order chi connectivity index (χ1) is 11.1. The van der Waals surface area contributed by atoms with Gasteiger partial charge in [0.1, 0.15) is 11.6 Å². The van der Waals surface area contributed by atoms with Gasteiger partial charge in [0.25, 0.3) is 5.91 Å². The van der Waals surface area contributed by atoms with Crippen LogP contribution < -0.4 is 9.46 Å². The highest BCUT2D eigenvalue weighted by molar-refractivity contribution is 7.89. The lowest BCUT2D eigenvalue weighted by molar-refractivity contribution is 0.0977. The Hall–Kier alpha value is -1.90. The van der Waals surface area contributed by atoms with E-state index in [2.05, 4.69) is 0 Å². The molecule has 0 fully saturated rings. The summed E-state index contributed by atoms with van der Waals surface area (Å²) in [4.78, 5) is 11.6. The topological polar surface area (TPSA) is 72.5 Å². The van der Waals surface area contributed by atoms with Crippen LogP contribution in [0.3, 0.4) is 0 Å². The highest BCUT2D eigenvalue weighted by Gasteiger charge is 2.20. The van der Waals surface area contributed by atoms with Crippen molar-refractivity contribution in [2.45, 2.75) is 0 Å². The van der Waals surface area contributed by atoms with Gasteiger partial charge in [-0.25, -0.2) is 21.9 Å². The van der Waals surface area contributed by atoms with Crippen LogP contribution in [0, 0.1) is 11.6 Å². The minimum atomic E-state index is -3.92. The predicted molar refractivity (Wildman–Crippen MR) is 85.2 cm³/mol. The van der Waals surface area contributed by atoms with E-state index in [1.807, 2.05) is 0 Å². The molecule has 0 bridgehead atoms. The van der Waals surface area contributed by atoms with E-state index < -0.39 is 38.9 Å². The molecule has 0 aliphatic rings. The second kappa shape index (κ2) is 6.92. The predicted octanol–water partition coefficient (Wildman–Crippen LogP) is 3.75. The van der Waals surface area contributed by atoms with E-state index in [9.17, 15) is 22.0 Å². The van der Waals surface area contributed by atoms with Crippen LogP contribution >= 0.6 is 23.2 Å². The van der Waals surface area contributed by atoms with Crippen LogP contribution in [0.1, 0.15) is 10.4 Å². The summed E-state index contributed by atoms with van der Waals surface area (Å²) in [6.45, 7) is 0. The number of amides is 1. The minimum absolute atomic E-state index is 0.0210. The third kappa shape index (κ3) is 4.56. The van der Waals surface area contributed by atoms with E-state index in [1.54, 1.807) is 0 Å². The van der Waals surface area contributed by atoms with Crippen molar-refractivity contribution in [3.8, 4) is 11.5 Å². The van der Waals surface area contributed by atoms with Gasteiger partial charge in [0, 0.05) is 11.1 Å². The van der Waals surface area contributed by atoms with E-state index in [0.29, 0.717) is 23.4 Å². The van der Waals surface area contributed by atoms with Gasteiger partial charge in [-0.2, -0.15) is 0 Å². The van der Waals surface area contributed by atoms with Crippen molar-refractivity contribution in [1.29, 1.82) is 0 Å². The van der Waals surface area contributed by atoms with Gasteiger partial charge in [0.15, 0.2) is 11.6 Å². The summed E-state index contributed by atoms with van der Waals surface area (Å²) in [5, 5.41) is 0.396. The number of sulfonamides is 1. The number of nitrogens with one attached hydrogen (secondary N) is 1. The zero-order valence-corrected chi connectivity index (χ0v) is 14.3. The first kappa shape index (κ1) is 18.4. The maximum absolute atomic E-state index is 14.0. The molecule has 0 radical (unpaired) electrons. The smallest absolute Gasteiger partial charge is 0.267 e. The Bertz CT molecular complexity index is 919. The molecular formula is C14H9Cl2F2NO4S. The van der Waals surface area contributed by atoms with Gasteiger partial charge in [-0.1, -0.05) is 23.2 Å². The third-order valence-electron chi connectivity index (χ3n) is 2.66. The van der Waals surface area contributed by atoms with E-state index >= 15 is 0 Å². The first-order valence-electron chi connectivity index (χ1n) is 6.21. The molecule has 0 saturated carbocycles. The van der Waals surface area contributed by atoms with Crippen LogP contribution in [-0.2, 0) is 10.0 Å². The zero-order chi connectivity index (χ0) is 18.1. The molecule has 0 unspecified atom stereocenters. The van der Waals surface area contributed by atoms with Gasteiger partial charge >= 0.3 is 0 Å². The summed E-state index contributed by atoms with van der Waals surface area (Å²) >= 11 is 11.6. The van der Waals surface area contributed by atoms with Crippen LogP contribution in [-0.4, -0.2) is 20.6 Å². The first-order valence-corrected chi connectivity index (χ1v) is 8.85. The maximum atomic E-state index is 14.0. The number of halogens is 4. The van der Waals surface area contributed by atoms with Crippen LogP contribution in [0.5, 0.6) is 11.5 Å². The molecule has 0 aromatic heterocycles. The minimum Gasteiger partial charge on any atom is -0.453 e. The molecule has 2 rings (SSSR count). The summed E-state index contributed by atoms with van der Waals surface area (Å²) < 4.78 is 56.7. The summed E-state index contributed by atoms with van der Waals surface area (Å²) in [5.74, 6) is -4.07. The van der Waals surface area contributed by atoms with Gasteiger partial charge in [0.05, 0.1) is 16.8 Å². The number of carbonyl (C=O) groups is 1. The van der Waals surface area contributed by atoms with Crippen LogP contribution in [0.25, 0.3) is 0 Å². The fraction of sp³-hybridized carbons (Fsp3) is 0.0714. The lowest BCUT2D eigenvalue weighted by atomic mass is 10.2. The van der Waals surface area contributed by atoms with E-state index in [1.165, 1.54) is 22.9 Å². The fourth-order valence-electron chi connectivity index (χ4n) is 1.68. The van der Waals surface area contributed by atoms with Gasteiger partial charge in [-0.05, 0) is 24.3 Å². The molecule has 128 valence electrons. The van der Waals surface area contributed by atoms with E-state index in [-0.39, 0.29) is 10.8 Å². The second-order valence-electron chi connectivity index (χ2n) is 4.64. The van der Waals surface area contributed by atoms with Crippen LogP contribution in [0.4, 0.5) is 8.78 Å². The Morgan fingerprint density at radius 2 is 1.75 bits per heavy atom. The van der Waals surface area contributed by atoms with E-state index in [0.717, 1.165) is 0 Å². The molecule has 1 N–H and O–H groups in total. The van der Waals surface area contributed by atoms with Crippen molar-refractivity contribution < 1.29 is 26.7 Å².